The van der Waals surface area contributed by atoms with Crippen LogP contribution in [0.4, 0.5) is 0 Å². The van der Waals surface area contributed by atoms with Gasteiger partial charge in [0.2, 0.25) is 5.52 Å². The second-order valence-corrected chi connectivity index (χ2v) is 3.94. The number of hydrogen-bond acceptors (Lipinski definition) is 2. The Morgan fingerprint density at radius 3 is 2.82 bits per heavy atom. The van der Waals surface area contributed by atoms with Crippen molar-refractivity contribution >= 4 is 21.7 Å². The SMILES string of the molecule is [O-][n+]1cc2ccccc2c2[c]c(CO)ccc21. The molecule has 3 aromatic rings. The zero-order valence-corrected chi connectivity index (χ0v) is 9.05. The molecule has 0 aliphatic heterocycles. The molecule has 3 heteroatoms. The number of aliphatic hydroxyl groups excluding tert-OH is 1. The zero-order valence-electron chi connectivity index (χ0n) is 9.05. The van der Waals surface area contributed by atoms with E-state index in [0.717, 1.165) is 20.9 Å². The lowest BCUT2D eigenvalue weighted by Gasteiger charge is -2.06. The summed E-state index contributed by atoms with van der Waals surface area (Å²) in [5.41, 5.74) is 1.26. The molecular weight excluding hydrogens is 214 g/mol. The van der Waals surface area contributed by atoms with E-state index in [-0.39, 0.29) is 6.61 Å². The van der Waals surface area contributed by atoms with Crippen LogP contribution >= 0.6 is 0 Å². The fraction of sp³-hybridized carbons (Fsp3) is 0.0714. The summed E-state index contributed by atoms with van der Waals surface area (Å²) in [5, 5.41) is 23.6. The summed E-state index contributed by atoms with van der Waals surface area (Å²) < 4.78 is 0.843. The maximum Gasteiger partial charge on any atom is 0.225 e. The molecule has 1 aromatic heterocycles. The van der Waals surface area contributed by atoms with Crippen molar-refractivity contribution in [2.75, 3.05) is 0 Å². The highest BCUT2D eigenvalue weighted by Crippen LogP contribution is 2.22. The van der Waals surface area contributed by atoms with Gasteiger partial charge in [0.25, 0.3) is 0 Å². The Morgan fingerprint density at radius 2 is 2.00 bits per heavy atom. The Kier molecular flexibility index (Phi) is 2.20. The van der Waals surface area contributed by atoms with Crippen LogP contribution in [-0.4, -0.2) is 5.11 Å². The number of aliphatic hydroxyl groups is 1. The minimum Gasteiger partial charge on any atom is -0.618 e. The lowest BCUT2D eigenvalue weighted by molar-refractivity contribution is -0.575. The summed E-state index contributed by atoms with van der Waals surface area (Å²) >= 11 is 0. The first-order valence-corrected chi connectivity index (χ1v) is 5.36. The van der Waals surface area contributed by atoms with Gasteiger partial charge < -0.3 is 10.3 Å². The van der Waals surface area contributed by atoms with Crippen molar-refractivity contribution in [3.63, 3.8) is 0 Å². The molecule has 0 saturated heterocycles. The van der Waals surface area contributed by atoms with Crippen LogP contribution in [0.25, 0.3) is 21.7 Å². The molecule has 0 bridgehead atoms. The lowest BCUT2D eigenvalue weighted by Crippen LogP contribution is -2.26. The summed E-state index contributed by atoms with van der Waals surface area (Å²) in [7, 11) is 0. The minimum atomic E-state index is -0.0714. The Hall–Kier alpha value is -2.13. The van der Waals surface area contributed by atoms with Gasteiger partial charge in [-0.05, 0) is 17.7 Å². The number of pyridine rings is 1. The molecule has 1 heterocycles. The van der Waals surface area contributed by atoms with Gasteiger partial charge in [-0.1, -0.05) is 18.2 Å². The Balaban J connectivity index is 2.52. The molecule has 0 fully saturated rings. The van der Waals surface area contributed by atoms with Gasteiger partial charge >= 0.3 is 0 Å². The molecule has 0 saturated carbocycles. The van der Waals surface area contributed by atoms with Gasteiger partial charge in [-0.3, -0.25) is 0 Å². The maximum atomic E-state index is 11.8. The highest BCUT2D eigenvalue weighted by molar-refractivity contribution is 6.03. The maximum absolute atomic E-state index is 11.8. The second-order valence-electron chi connectivity index (χ2n) is 3.94. The van der Waals surface area contributed by atoms with Crippen LogP contribution < -0.4 is 4.73 Å². The summed E-state index contributed by atoms with van der Waals surface area (Å²) in [6.45, 7) is -0.0714. The van der Waals surface area contributed by atoms with E-state index in [1.54, 1.807) is 18.3 Å². The number of fused-ring (bicyclic) bond motifs is 3. The van der Waals surface area contributed by atoms with Crippen molar-refractivity contribution in [3.05, 3.63) is 59.4 Å². The molecular formula is C14H10NO2. The largest absolute Gasteiger partial charge is 0.618 e. The number of hydrogen-bond donors (Lipinski definition) is 1. The summed E-state index contributed by atoms with van der Waals surface area (Å²) in [6.07, 6.45) is 1.56. The first kappa shape index (κ1) is 10.1. The predicted molar refractivity (Wildman–Crippen MR) is 65.2 cm³/mol. The number of aromatic nitrogens is 1. The number of rotatable bonds is 1. The van der Waals surface area contributed by atoms with E-state index in [2.05, 4.69) is 6.07 Å². The summed E-state index contributed by atoms with van der Waals surface area (Å²) in [6, 6.07) is 14.2. The monoisotopic (exact) mass is 224 g/mol. The van der Waals surface area contributed by atoms with Crippen molar-refractivity contribution in [2.45, 2.75) is 6.61 Å². The van der Waals surface area contributed by atoms with Gasteiger partial charge in [0.15, 0.2) is 6.20 Å². The summed E-state index contributed by atoms with van der Waals surface area (Å²) in [5.74, 6) is 0. The van der Waals surface area contributed by atoms with E-state index < -0.39 is 0 Å². The molecule has 1 N–H and O–H groups in total. The van der Waals surface area contributed by atoms with E-state index in [1.165, 1.54) is 0 Å². The van der Waals surface area contributed by atoms with Gasteiger partial charge in [-0.2, -0.15) is 4.73 Å². The Labute approximate surface area is 98.1 Å². The Bertz CT molecular complexity index is 707. The van der Waals surface area contributed by atoms with E-state index in [9.17, 15) is 5.21 Å². The van der Waals surface area contributed by atoms with Gasteiger partial charge in [-0.15, -0.1) is 0 Å². The zero-order chi connectivity index (χ0) is 11.8. The molecule has 3 rings (SSSR count). The molecule has 83 valence electrons. The van der Waals surface area contributed by atoms with E-state index in [0.29, 0.717) is 11.1 Å². The number of benzene rings is 2. The summed E-state index contributed by atoms with van der Waals surface area (Å²) in [4.78, 5) is 0. The van der Waals surface area contributed by atoms with Crippen LogP contribution in [0.15, 0.2) is 42.6 Å². The van der Waals surface area contributed by atoms with Crippen molar-refractivity contribution in [1.82, 2.24) is 0 Å². The first-order valence-electron chi connectivity index (χ1n) is 5.36. The van der Waals surface area contributed by atoms with Gasteiger partial charge in [0, 0.05) is 22.9 Å². The van der Waals surface area contributed by atoms with E-state index in [1.807, 2.05) is 24.3 Å². The van der Waals surface area contributed by atoms with Gasteiger partial charge in [0.05, 0.1) is 12.0 Å². The lowest BCUT2D eigenvalue weighted by atomic mass is 10.0. The smallest absolute Gasteiger partial charge is 0.225 e. The standard InChI is InChI=1S/C14H10NO2/c16-9-10-5-6-14-13(7-10)12-4-2-1-3-11(12)8-15(14)17/h1-6,8,16H,9H2. The number of nitrogens with zero attached hydrogens (tertiary/aromatic N) is 1. The molecule has 0 atom stereocenters. The fourth-order valence-electron chi connectivity index (χ4n) is 2.04. The highest BCUT2D eigenvalue weighted by Gasteiger charge is 2.09. The molecule has 0 aliphatic rings. The molecule has 3 nitrogen and oxygen atoms in total. The average Bonchev–Trinajstić information content (AvgIpc) is 2.38. The average molecular weight is 224 g/mol. The quantitative estimate of drug-likeness (QED) is 0.390. The van der Waals surface area contributed by atoms with Crippen LogP contribution in [0.5, 0.6) is 0 Å². The normalized spacial score (nSPS) is 11.1. The minimum absolute atomic E-state index is 0.0714. The molecule has 2 aromatic carbocycles. The predicted octanol–water partition coefficient (Wildman–Crippen LogP) is 1.92. The molecule has 0 unspecified atom stereocenters. The third-order valence-corrected chi connectivity index (χ3v) is 2.88. The second kappa shape index (κ2) is 3.71. The highest BCUT2D eigenvalue weighted by atomic mass is 16.5. The van der Waals surface area contributed by atoms with Crippen LogP contribution in [0, 0.1) is 11.3 Å². The Morgan fingerprint density at radius 1 is 1.18 bits per heavy atom. The van der Waals surface area contributed by atoms with Crippen LogP contribution in [0.3, 0.4) is 0 Å². The fourth-order valence-corrected chi connectivity index (χ4v) is 2.04. The van der Waals surface area contributed by atoms with Crippen molar-refractivity contribution in [2.24, 2.45) is 0 Å². The van der Waals surface area contributed by atoms with Crippen LogP contribution in [0.1, 0.15) is 5.56 Å². The van der Waals surface area contributed by atoms with E-state index in [4.69, 9.17) is 5.11 Å². The van der Waals surface area contributed by atoms with Crippen LogP contribution in [0.2, 0.25) is 0 Å². The van der Waals surface area contributed by atoms with Crippen molar-refractivity contribution in [3.8, 4) is 0 Å². The van der Waals surface area contributed by atoms with Crippen molar-refractivity contribution < 1.29 is 9.84 Å². The topological polar surface area (TPSA) is 47.2 Å². The van der Waals surface area contributed by atoms with Gasteiger partial charge in [-0.25, -0.2) is 0 Å². The van der Waals surface area contributed by atoms with E-state index >= 15 is 0 Å². The van der Waals surface area contributed by atoms with Crippen LogP contribution in [-0.2, 0) is 6.61 Å². The molecule has 0 amide bonds. The molecule has 1 radical (unpaired) electrons. The molecule has 0 aliphatic carbocycles. The first-order chi connectivity index (χ1) is 8.29. The van der Waals surface area contributed by atoms with Crippen molar-refractivity contribution in [1.29, 1.82) is 0 Å². The third kappa shape index (κ3) is 1.52. The molecule has 0 spiro atoms. The third-order valence-electron chi connectivity index (χ3n) is 2.88. The van der Waals surface area contributed by atoms with Gasteiger partial charge in [0.1, 0.15) is 0 Å². The molecule has 17 heavy (non-hydrogen) atoms.